The normalized spacial score (nSPS) is 15.4. The van der Waals surface area contributed by atoms with Crippen LogP contribution in [0.5, 0.6) is 0 Å². The highest BCUT2D eigenvalue weighted by Gasteiger charge is 2.28. The molecule has 0 saturated carbocycles. The van der Waals surface area contributed by atoms with Crippen molar-refractivity contribution < 1.29 is 22.0 Å². The number of benzene rings is 1. The van der Waals surface area contributed by atoms with E-state index in [2.05, 4.69) is 5.32 Å². The molecule has 2 rings (SSSR count). The SMILES string of the molecule is Fc1c(F)c(F)c(C2=CCNC2)c(F)c1F. The lowest BCUT2D eigenvalue weighted by molar-refractivity contribution is 0.376. The van der Waals surface area contributed by atoms with Gasteiger partial charge in [-0.2, -0.15) is 0 Å². The van der Waals surface area contributed by atoms with Gasteiger partial charge in [0.05, 0.1) is 5.56 Å². The van der Waals surface area contributed by atoms with Crippen LogP contribution >= 0.6 is 0 Å². The number of nitrogens with one attached hydrogen (secondary N) is 1. The van der Waals surface area contributed by atoms with Gasteiger partial charge in [-0.3, -0.25) is 0 Å². The van der Waals surface area contributed by atoms with E-state index in [0.717, 1.165) is 0 Å². The lowest BCUT2D eigenvalue weighted by Crippen LogP contribution is -2.11. The van der Waals surface area contributed by atoms with Gasteiger partial charge < -0.3 is 5.32 Å². The first kappa shape index (κ1) is 11.1. The Bertz CT molecular complexity index is 452. The van der Waals surface area contributed by atoms with Crippen LogP contribution in [0.4, 0.5) is 22.0 Å². The van der Waals surface area contributed by atoms with Crippen molar-refractivity contribution in [2.45, 2.75) is 0 Å². The number of rotatable bonds is 1. The number of hydrogen-bond acceptors (Lipinski definition) is 1. The van der Waals surface area contributed by atoms with Crippen molar-refractivity contribution in [2.75, 3.05) is 13.1 Å². The van der Waals surface area contributed by atoms with Crippen molar-refractivity contribution in [3.8, 4) is 0 Å². The van der Waals surface area contributed by atoms with E-state index in [1.807, 2.05) is 0 Å². The van der Waals surface area contributed by atoms with Crippen molar-refractivity contribution in [1.82, 2.24) is 5.32 Å². The third kappa shape index (κ3) is 1.49. The van der Waals surface area contributed by atoms with Crippen LogP contribution in [0.3, 0.4) is 0 Å². The summed E-state index contributed by atoms with van der Waals surface area (Å²) >= 11 is 0. The molecule has 1 nitrogen and oxygen atoms in total. The van der Waals surface area contributed by atoms with Crippen LogP contribution in [0.25, 0.3) is 5.57 Å². The molecular formula is C10H6F5N. The van der Waals surface area contributed by atoms with Crippen molar-refractivity contribution in [1.29, 1.82) is 0 Å². The van der Waals surface area contributed by atoms with E-state index in [9.17, 15) is 22.0 Å². The van der Waals surface area contributed by atoms with Crippen molar-refractivity contribution in [3.05, 3.63) is 40.7 Å². The van der Waals surface area contributed by atoms with Gasteiger partial charge in [-0.05, 0) is 5.57 Å². The summed E-state index contributed by atoms with van der Waals surface area (Å²) in [5.74, 6) is -9.54. The molecule has 1 heterocycles. The second kappa shape index (κ2) is 3.86. The predicted octanol–water partition coefficient (Wildman–Crippen LogP) is 2.37. The molecule has 1 aromatic carbocycles. The summed E-state index contributed by atoms with van der Waals surface area (Å²) in [7, 11) is 0. The highest BCUT2D eigenvalue weighted by Crippen LogP contribution is 2.28. The third-order valence-corrected chi connectivity index (χ3v) is 2.34. The second-order valence-corrected chi connectivity index (χ2v) is 3.31. The highest BCUT2D eigenvalue weighted by atomic mass is 19.2. The average molecular weight is 235 g/mol. The van der Waals surface area contributed by atoms with Gasteiger partial charge in [-0.25, -0.2) is 22.0 Å². The minimum atomic E-state index is -2.13. The zero-order valence-electron chi connectivity index (χ0n) is 7.88. The Hall–Kier alpha value is -1.43. The van der Waals surface area contributed by atoms with E-state index in [1.165, 1.54) is 6.08 Å². The fourth-order valence-electron chi connectivity index (χ4n) is 1.55. The van der Waals surface area contributed by atoms with Crippen LogP contribution in [0.2, 0.25) is 0 Å². The molecule has 0 amide bonds. The molecule has 0 unspecified atom stereocenters. The molecule has 0 fully saturated rings. The fourth-order valence-corrected chi connectivity index (χ4v) is 1.55. The lowest BCUT2D eigenvalue weighted by atomic mass is 10.0. The summed E-state index contributed by atoms with van der Waals surface area (Å²) in [5, 5.41) is 2.71. The first-order valence-electron chi connectivity index (χ1n) is 4.45. The fraction of sp³-hybridized carbons (Fsp3) is 0.200. The van der Waals surface area contributed by atoms with E-state index in [0.29, 0.717) is 6.54 Å². The molecule has 0 saturated heterocycles. The number of halogens is 5. The van der Waals surface area contributed by atoms with Gasteiger partial charge in [0.15, 0.2) is 23.3 Å². The molecule has 16 heavy (non-hydrogen) atoms. The Morgan fingerprint density at radius 3 is 1.75 bits per heavy atom. The van der Waals surface area contributed by atoms with E-state index in [-0.39, 0.29) is 12.1 Å². The van der Waals surface area contributed by atoms with Crippen molar-refractivity contribution in [3.63, 3.8) is 0 Å². The summed E-state index contributed by atoms with van der Waals surface area (Å²) in [6.45, 7) is 0.424. The smallest absolute Gasteiger partial charge is 0.200 e. The van der Waals surface area contributed by atoms with E-state index < -0.39 is 34.6 Å². The Labute approximate surface area is 87.6 Å². The zero-order chi connectivity index (χ0) is 11.9. The Kier molecular flexibility index (Phi) is 2.67. The predicted molar refractivity (Wildman–Crippen MR) is 47.1 cm³/mol. The third-order valence-electron chi connectivity index (χ3n) is 2.34. The standard InChI is InChI=1S/C10H6F5N/c11-6-5(4-1-2-16-3-4)7(12)9(14)10(15)8(6)13/h1,16H,2-3H2. The van der Waals surface area contributed by atoms with Crippen LogP contribution in [0.1, 0.15) is 5.56 Å². The maximum atomic E-state index is 13.3. The van der Waals surface area contributed by atoms with Gasteiger partial charge in [0.2, 0.25) is 5.82 Å². The molecule has 0 bridgehead atoms. The zero-order valence-corrected chi connectivity index (χ0v) is 7.88. The first-order chi connectivity index (χ1) is 7.54. The van der Waals surface area contributed by atoms with Crippen LogP contribution in [0, 0.1) is 29.1 Å². The molecule has 6 heteroatoms. The molecule has 1 N–H and O–H groups in total. The summed E-state index contributed by atoms with van der Waals surface area (Å²) in [6.07, 6.45) is 1.39. The Morgan fingerprint density at radius 2 is 1.31 bits per heavy atom. The summed E-state index contributed by atoms with van der Waals surface area (Å²) < 4.78 is 64.9. The maximum Gasteiger partial charge on any atom is 0.200 e. The van der Waals surface area contributed by atoms with Gasteiger partial charge in [0.25, 0.3) is 0 Å². The van der Waals surface area contributed by atoms with E-state index in [1.54, 1.807) is 0 Å². The summed E-state index contributed by atoms with van der Waals surface area (Å²) in [4.78, 5) is 0. The van der Waals surface area contributed by atoms with Gasteiger partial charge in [0, 0.05) is 13.1 Å². The topological polar surface area (TPSA) is 12.0 Å². The summed E-state index contributed by atoms with van der Waals surface area (Å²) in [6, 6.07) is 0. The van der Waals surface area contributed by atoms with Crippen LogP contribution in [-0.2, 0) is 0 Å². The largest absolute Gasteiger partial charge is 0.309 e. The molecule has 0 aliphatic carbocycles. The van der Waals surface area contributed by atoms with Gasteiger partial charge in [-0.15, -0.1) is 0 Å². The Balaban J connectivity index is 2.69. The molecule has 1 aliphatic rings. The van der Waals surface area contributed by atoms with E-state index >= 15 is 0 Å². The minimum absolute atomic E-state index is 0.0767. The van der Waals surface area contributed by atoms with Gasteiger partial charge >= 0.3 is 0 Å². The summed E-state index contributed by atoms with van der Waals surface area (Å²) in [5.41, 5.74) is -0.769. The molecular weight excluding hydrogens is 229 g/mol. The molecule has 86 valence electrons. The van der Waals surface area contributed by atoms with E-state index in [4.69, 9.17) is 0 Å². The Morgan fingerprint density at radius 1 is 0.812 bits per heavy atom. The van der Waals surface area contributed by atoms with Gasteiger partial charge in [-0.1, -0.05) is 6.08 Å². The lowest BCUT2D eigenvalue weighted by Gasteiger charge is -2.08. The number of hydrogen-bond donors (Lipinski definition) is 1. The van der Waals surface area contributed by atoms with Gasteiger partial charge in [0.1, 0.15) is 0 Å². The molecule has 0 radical (unpaired) electrons. The molecule has 0 spiro atoms. The molecule has 1 aromatic rings. The van der Waals surface area contributed by atoms with Crippen LogP contribution < -0.4 is 5.32 Å². The van der Waals surface area contributed by atoms with Crippen LogP contribution in [-0.4, -0.2) is 13.1 Å². The molecule has 0 aromatic heterocycles. The minimum Gasteiger partial charge on any atom is -0.309 e. The average Bonchev–Trinajstić information content (AvgIpc) is 2.77. The monoisotopic (exact) mass is 235 g/mol. The highest BCUT2D eigenvalue weighted by molar-refractivity contribution is 5.70. The maximum absolute atomic E-state index is 13.3. The first-order valence-corrected chi connectivity index (χ1v) is 4.45. The van der Waals surface area contributed by atoms with Crippen LogP contribution in [0.15, 0.2) is 6.08 Å². The second-order valence-electron chi connectivity index (χ2n) is 3.31. The van der Waals surface area contributed by atoms with Crippen molar-refractivity contribution >= 4 is 5.57 Å². The molecule has 1 aliphatic heterocycles. The molecule has 0 atom stereocenters. The quantitative estimate of drug-likeness (QED) is 0.447. The van der Waals surface area contributed by atoms with Crippen molar-refractivity contribution in [2.24, 2.45) is 0 Å².